The maximum absolute atomic E-state index is 13.0. The number of fused-ring (bicyclic) bond motifs is 1. The van der Waals surface area contributed by atoms with Gasteiger partial charge in [-0.15, -0.1) is 11.3 Å². The summed E-state index contributed by atoms with van der Waals surface area (Å²) in [7, 11) is 0. The summed E-state index contributed by atoms with van der Waals surface area (Å²) in [6.45, 7) is 2.99. The standard InChI is InChI=1S/C21H21NOS/c1-15-8-10-16(11-9-15)13-18-6-4-12-22(18)21(23)20-14-17-5-2-3-7-19(17)24-20/h2-3,5,7-11,14,18H,4,6,12-13H2,1H3. The largest absolute Gasteiger partial charge is 0.335 e. The summed E-state index contributed by atoms with van der Waals surface area (Å²) in [6.07, 6.45) is 3.16. The van der Waals surface area contributed by atoms with E-state index in [-0.39, 0.29) is 5.91 Å². The molecule has 4 rings (SSSR count). The second-order valence-corrected chi connectivity index (χ2v) is 7.72. The molecule has 24 heavy (non-hydrogen) atoms. The van der Waals surface area contributed by atoms with Crippen LogP contribution in [0.3, 0.4) is 0 Å². The van der Waals surface area contributed by atoms with Crippen molar-refractivity contribution >= 4 is 27.3 Å². The quantitative estimate of drug-likeness (QED) is 0.655. The van der Waals surface area contributed by atoms with Crippen LogP contribution in [0.25, 0.3) is 10.1 Å². The lowest BCUT2D eigenvalue weighted by molar-refractivity contribution is 0.0741. The highest BCUT2D eigenvalue weighted by Gasteiger charge is 2.30. The Morgan fingerprint density at radius 3 is 2.75 bits per heavy atom. The van der Waals surface area contributed by atoms with Crippen molar-refractivity contribution in [1.82, 2.24) is 4.90 Å². The van der Waals surface area contributed by atoms with E-state index in [1.807, 2.05) is 18.2 Å². The van der Waals surface area contributed by atoms with Gasteiger partial charge in [-0.25, -0.2) is 0 Å². The minimum atomic E-state index is 0.200. The van der Waals surface area contributed by atoms with Crippen LogP contribution >= 0.6 is 11.3 Å². The molecule has 1 fully saturated rings. The molecule has 0 spiro atoms. The van der Waals surface area contributed by atoms with E-state index in [1.54, 1.807) is 11.3 Å². The molecule has 1 amide bonds. The van der Waals surface area contributed by atoms with Gasteiger partial charge in [-0.2, -0.15) is 0 Å². The van der Waals surface area contributed by atoms with Gasteiger partial charge in [0.25, 0.3) is 5.91 Å². The Kier molecular flexibility index (Phi) is 4.11. The molecular formula is C21H21NOS. The van der Waals surface area contributed by atoms with Crippen LogP contribution in [0.1, 0.15) is 33.6 Å². The summed E-state index contributed by atoms with van der Waals surface area (Å²) < 4.78 is 1.19. The average molecular weight is 335 g/mol. The van der Waals surface area contributed by atoms with Crippen molar-refractivity contribution in [2.24, 2.45) is 0 Å². The van der Waals surface area contributed by atoms with Gasteiger partial charge in [-0.05, 0) is 49.3 Å². The van der Waals surface area contributed by atoms with E-state index in [0.29, 0.717) is 6.04 Å². The lowest BCUT2D eigenvalue weighted by atomic mass is 10.0. The van der Waals surface area contributed by atoms with E-state index in [2.05, 4.69) is 48.2 Å². The van der Waals surface area contributed by atoms with Gasteiger partial charge < -0.3 is 4.90 Å². The number of carbonyl (C=O) groups is 1. The molecule has 1 atom stereocenters. The van der Waals surface area contributed by atoms with Gasteiger partial charge in [0.05, 0.1) is 4.88 Å². The van der Waals surface area contributed by atoms with Crippen LogP contribution in [-0.4, -0.2) is 23.4 Å². The van der Waals surface area contributed by atoms with Gasteiger partial charge >= 0.3 is 0 Å². The molecule has 3 aromatic rings. The fourth-order valence-corrected chi connectivity index (χ4v) is 4.56. The number of thiophene rings is 1. The van der Waals surface area contributed by atoms with Crippen LogP contribution in [0.15, 0.2) is 54.6 Å². The van der Waals surface area contributed by atoms with Crippen LogP contribution in [0.5, 0.6) is 0 Å². The van der Waals surface area contributed by atoms with Gasteiger partial charge in [0.1, 0.15) is 0 Å². The molecule has 2 aromatic carbocycles. The third-order valence-electron chi connectivity index (χ3n) is 4.87. The zero-order valence-electron chi connectivity index (χ0n) is 13.9. The number of hydrogen-bond donors (Lipinski definition) is 0. The molecule has 0 saturated carbocycles. The Morgan fingerprint density at radius 1 is 1.17 bits per heavy atom. The number of amides is 1. The molecule has 1 unspecified atom stereocenters. The number of benzene rings is 2. The zero-order valence-corrected chi connectivity index (χ0v) is 14.7. The first-order chi connectivity index (χ1) is 11.7. The number of nitrogens with zero attached hydrogens (tertiary/aromatic N) is 1. The number of hydrogen-bond acceptors (Lipinski definition) is 2. The Bertz CT molecular complexity index is 832. The average Bonchev–Trinajstić information content (AvgIpc) is 3.23. The van der Waals surface area contributed by atoms with Crippen molar-refractivity contribution in [3.63, 3.8) is 0 Å². The van der Waals surface area contributed by atoms with Gasteiger partial charge in [-0.3, -0.25) is 4.79 Å². The maximum Gasteiger partial charge on any atom is 0.264 e. The predicted molar refractivity (Wildman–Crippen MR) is 101 cm³/mol. The van der Waals surface area contributed by atoms with Crippen molar-refractivity contribution in [3.05, 3.63) is 70.6 Å². The third-order valence-corrected chi connectivity index (χ3v) is 5.97. The number of likely N-dealkylation sites (tertiary alicyclic amines) is 1. The van der Waals surface area contributed by atoms with Gasteiger partial charge in [0.15, 0.2) is 0 Å². The molecule has 0 radical (unpaired) electrons. The Hall–Kier alpha value is -2.13. The van der Waals surface area contributed by atoms with E-state index in [1.165, 1.54) is 21.2 Å². The zero-order chi connectivity index (χ0) is 16.5. The fraction of sp³-hybridized carbons (Fsp3) is 0.286. The van der Waals surface area contributed by atoms with Gasteiger partial charge in [-0.1, -0.05) is 48.0 Å². The van der Waals surface area contributed by atoms with Crippen molar-refractivity contribution < 1.29 is 4.79 Å². The third kappa shape index (κ3) is 2.96. The molecule has 122 valence electrons. The minimum Gasteiger partial charge on any atom is -0.335 e. The Morgan fingerprint density at radius 2 is 1.96 bits per heavy atom. The minimum absolute atomic E-state index is 0.200. The first-order valence-electron chi connectivity index (χ1n) is 8.56. The highest BCUT2D eigenvalue weighted by molar-refractivity contribution is 7.20. The van der Waals surface area contributed by atoms with E-state index in [9.17, 15) is 4.79 Å². The molecule has 1 saturated heterocycles. The second-order valence-electron chi connectivity index (χ2n) is 6.63. The van der Waals surface area contributed by atoms with Crippen molar-refractivity contribution in [2.45, 2.75) is 32.2 Å². The van der Waals surface area contributed by atoms with Crippen molar-refractivity contribution in [1.29, 1.82) is 0 Å². The molecule has 0 bridgehead atoms. The van der Waals surface area contributed by atoms with Crippen molar-refractivity contribution in [2.75, 3.05) is 6.54 Å². The summed E-state index contributed by atoms with van der Waals surface area (Å²) >= 11 is 1.61. The lowest BCUT2D eigenvalue weighted by Gasteiger charge is -2.24. The van der Waals surface area contributed by atoms with Gasteiger partial charge in [0.2, 0.25) is 0 Å². The van der Waals surface area contributed by atoms with Crippen LogP contribution in [-0.2, 0) is 6.42 Å². The number of aryl methyl sites for hydroxylation is 1. The Balaban J connectivity index is 1.55. The molecule has 3 heteroatoms. The highest BCUT2D eigenvalue weighted by atomic mass is 32.1. The van der Waals surface area contributed by atoms with Crippen LogP contribution in [0.2, 0.25) is 0 Å². The molecular weight excluding hydrogens is 314 g/mol. The molecule has 0 N–H and O–H groups in total. The first kappa shape index (κ1) is 15.4. The number of rotatable bonds is 3. The summed E-state index contributed by atoms with van der Waals surface area (Å²) in [6, 6.07) is 19.3. The van der Waals surface area contributed by atoms with E-state index >= 15 is 0 Å². The first-order valence-corrected chi connectivity index (χ1v) is 9.37. The summed E-state index contributed by atoms with van der Waals surface area (Å²) in [5.41, 5.74) is 2.60. The highest BCUT2D eigenvalue weighted by Crippen LogP contribution is 2.29. The Labute approximate surface area is 146 Å². The SMILES string of the molecule is Cc1ccc(CC2CCCN2C(=O)c2cc3ccccc3s2)cc1. The number of carbonyl (C=O) groups excluding carboxylic acids is 1. The smallest absolute Gasteiger partial charge is 0.264 e. The molecule has 1 aliphatic rings. The molecule has 2 nitrogen and oxygen atoms in total. The van der Waals surface area contributed by atoms with Crippen LogP contribution < -0.4 is 0 Å². The molecule has 1 aromatic heterocycles. The lowest BCUT2D eigenvalue weighted by Crippen LogP contribution is -2.36. The normalized spacial score (nSPS) is 17.5. The van der Waals surface area contributed by atoms with E-state index in [0.717, 1.165) is 30.7 Å². The molecule has 1 aliphatic heterocycles. The van der Waals surface area contributed by atoms with Crippen LogP contribution in [0, 0.1) is 6.92 Å². The topological polar surface area (TPSA) is 20.3 Å². The maximum atomic E-state index is 13.0. The monoisotopic (exact) mass is 335 g/mol. The molecule has 2 heterocycles. The van der Waals surface area contributed by atoms with Crippen molar-refractivity contribution in [3.8, 4) is 0 Å². The van der Waals surface area contributed by atoms with E-state index in [4.69, 9.17) is 0 Å². The van der Waals surface area contributed by atoms with Crippen LogP contribution in [0.4, 0.5) is 0 Å². The summed E-state index contributed by atoms with van der Waals surface area (Å²) in [4.78, 5) is 16.0. The molecule has 0 aliphatic carbocycles. The summed E-state index contributed by atoms with van der Waals surface area (Å²) in [5.74, 6) is 0.200. The summed E-state index contributed by atoms with van der Waals surface area (Å²) in [5, 5.41) is 1.17. The van der Waals surface area contributed by atoms with Gasteiger partial charge in [0, 0.05) is 17.3 Å². The fourth-order valence-electron chi connectivity index (χ4n) is 3.54. The van der Waals surface area contributed by atoms with E-state index < -0.39 is 0 Å². The second kappa shape index (κ2) is 6.40. The predicted octanol–water partition coefficient (Wildman–Crippen LogP) is 5.06.